The quantitative estimate of drug-likeness (QED) is 0.669. The Bertz CT molecular complexity index is 928. The molecule has 0 saturated carbocycles. The van der Waals surface area contributed by atoms with Gasteiger partial charge in [-0.2, -0.15) is 0 Å². The number of nitrogens with one attached hydrogen (secondary N) is 1. The van der Waals surface area contributed by atoms with Crippen LogP contribution >= 0.6 is 27.7 Å². The standard InChI is InChI=1S/C22H24BrN3O2S/c1-16-4-2-7-19(14-16)24-21(28)25-10-8-22(9-11-25)26(12-13-29-22)20(27)17-5-3-6-18(23)15-17/h2-7,14-15H,8-13H2,1H3,(H,24,28). The summed E-state index contributed by atoms with van der Waals surface area (Å²) in [5.41, 5.74) is 2.64. The van der Waals surface area contributed by atoms with Crippen LogP contribution in [0.1, 0.15) is 28.8 Å². The van der Waals surface area contributed by atoms with Crippen molar-refractivity contribution in [3.63, 3.8) is 0 Å². The molecule has 152 valence electrons. The fourth-order valence-electron chi connectivity index (χ4n) is 4.07. The van der Waals surface area contributed by atoms with Gasteiger partial charge in [-0.3, -0.25) is 4.79 Å². The van der Waals surface area contributed by atoms with Crippen LogP contribution in [0.3, 0.4) is 0 Å². The summed E-state index contributed by atoms with van der Waals surface area (Å²) in [7, 11) is 0. The fraction of sp³-hybridized carbons (Fsp3) is 0.364. The van der Waals surface area contributed by atoms with E-state index in [9.17, 15) is 9.59 Å². The Morgan fingerprint density at radius 3 is 2.55 bits per heavy atom. The molecule has 2 saturated heterocycles. The number of nitrogens with zero attached hydrogens (tertiary/aromatic N) is 2. The van der Waals surface area contributed by atoms with Crippen molar-refractivity contribution in [1.82, 2.24) is 9.80 Å². The predicted molar refractivity (Wildman–Crippen MR) is 121 cm³/mol. The van der Waals surface area contributed by atoms with E-state index >= 15 is 0 Å². The maximum atomic E-state index is 13.2. The third-order valence-corrected chi connectivity index (χ3v) is 7.64. The third-order valence-electron chi connectivity index (χ3n) is 5.60. The number of hydrogen-bond acceptors (Lipinski definition) is 3. The van der Waals surface area contributed by atoms with Crippen LogP contribution in [0.4, 0.5) is 10.5 Å². The lowest BCUT2D eigenvalue weighted by Crippen LogP contribution is -2.54. The van der Waals surface area contributed by atoms with Crippen molar-refractivity contribution in [3.8, 4) is 0 Å². The zero-order valence-electron chi connectivity index (χ0n) is 16.4. The van der Waals surface area contributed by atoms with Crippen LogP contribution in [0.15, 0.2) is 53.0 Å². The summed E-state index contributed by atoms with van der Waals surface area (Å²) in [6, 6.07) is 15.3. The Morgan fingerprint density at radius 1 is 1.07 bits per heavy atom. The molecule has 2 fully saturated rings. The third kappa shape index (κ3) is 4.31. The molecule has 2 aromatic carbocycles. The number of benzene rings is 2. The molecule has 0 atom stereocenters. The van der Waals surface area contributed by atoms with Crippen LogP contribution in [-0.4, -0.2) is 52.0 Å². The van der Waals surface area contributed by atoms with Crippen molar-refractivity contribution >= 4 is 45.3 Å². The fourth-order valence-corrected chi connectivity index (χ4v) is 5.93. The van der Waals surface area contributed by atoms with Crippen molar-refractivity contribution in [2.24, 2.45) is 0 Å². The maximum absolute atomic E-state index is 13.2. The van der Waals surface area contributed by atoms with Crippen LogP contribution in [0.25, 0.3) is 0 Å². The van der Waals surface area contributed by atoms with E-state index in [1.165, 1.54) is 0 Å². The first-order chi connectivity index (χ1) is 14.0. The molecule has 0 aromatic heterocycles. The van der Waals surface area contributed by atoms with E-state index in [4.69, 9.17) is 0 Å². The highest BCUT2D eigenvalue weighted by atomic mass is 79.9. The van der Waals surface area contributed by atoms with Crippen LogP contribution in [0, 0.1) is 6.92 Å². The van der Waals surface area contributed by atoms with E-state index in [2.05, 4.69) is 21.2 Å². The highest BCUT2D eigenvalue weighted by Gasteiger charge is 2.47. The SMILES string of the molecule is Cc1cccc(NC(=O)N2CCC3(CC2)SCCN3C(=O)c2cccc(Br)c2)c1. The van der Waals surface area contributed by atoms with E-state index in [1.54, 1.807) is 0 Å². The van der Waals surface area contributed by atoms with Crippen LogP contribution in [-0.2, 0) is 0 Å². The number of aryl methyl sites for hydroxylation is 1. The summed E-state index contributed by atoms with van der Waals surface area (Å²) in [6.45, 7) is 4.06. The Morgan fingerprint density at radius 2 is 1.83 bits per heavy atom. The molecule has 1 N–H and O–H groups in total. The van der Waals surface area contributed by atoms with Gasteiger partial charge >= 0.3 is 6.03 Å². The average Bonchev–Trinajstić information content (AvgIpc) is 3.11. The summed E-state index contributed by atoms with van der Waals surface area (Å²) in [4.78, 5) is 29.5. The molecule has 5 nitrogen and oxygen atoms in total. The van der Waals surface area contributed by atoms with Crippen molar-refractivity contribution in [1.29, 1.82) is 0 Å². The van der Waals surface area contributed by atoms with Crippen molar-refractivity contribution in [2.45, 2.75) is 24.6 Å². The topological polar surface area (TPSA) is 52.7 Å². The molecule has 0 unspecified atom stereocenters. The van der Waals surface area contributed by atoms with E-state index < -0.39 is 0 Å². The minimum Gasteiger partial charge on any atom is -0.324 e. The number of thioether (sulfide) groups is 1. The van der Waals surface area contributed by atoms with E-state index in [-0.39, 0.29) is 16.8 Å². The highest BCUT2D eigenvalue weighted by molar-refractivity contribution is 9.10. The molecule has 7 heteroatoms. The Kier molecular flexibility index (Phi) is 5.88. The predicted octanol–water partition coefficient (Wildman–Crippen LogP) is 4.97. The van der Waals surface area contributed by atoms with Gasteiger partial charge in [-0.25, -0.2) is 4.79 Å². The van der Waals surface area contributed by atoms with Crippen molar-refractivity contribution < 1.29 is 9.59 Å². The summed E-state index contributed by atoms with van der Waals surface area (Å²) >= 11 is 5.31. The first-order valence-corrected chi connectivity index (χ1v) is 11.6. The second kappa shape index (κ2) is 8.40. The minimum atomic E-state index is -0.209. The second-order valence-corrected chi connectivity index (χ2v) is 9.92. The van der Waals surface area contributed by atoms with E-state index in [0.717, 1.165) is 40.9 Å². The van der Waals surface area contributed by atoms with Crippen LogP contribution < -0.4 is 5.32 Å². The van der Waals surface area contributed by atoms with Gasteiger partial charge in [0.25, 0.3) is 5.91 Å². The molecular formula is C22H24BrN3O2S. The number of likely N-dealkylation sites (tertiary alicyclic amines) is 1. The number of piperidine rings is 1. The molecule has 2 aliphatic rings. The molecule has 29 heavy (non-hydrogen) atoms. The largest absolute Gasteiger partial charge is 0.324 e. The molecule has 2 aliphatic heterocycles. The van der Waals surface area contributed by atoms with Crippen molar-refractivity contribution in [3.05, 3.63) is 64.1 Å². The highest BCUT2D eigenvalue weighted by Crippen LogP contribution is 2.44. The van der Waals surface area contributed by atoms with E-state index in [1.807, 2.05) is 77.0 Å². The smallest absolute Gasteiger partial charge is 0.321 e. The molecule has 4 rings (SSSR count). The Hall–Kier alpha value is -1.99. The Labute approximate surface area is 184 Å². The van der Waals surface area contributed by atoms with Gasteiger partial charge in [0.05, 0.1) is 4.87 Å². The monoisotopic (exact) mass is 473 g/mol. The van der Waals surface area contributed by atoms with Gasteiger partial charge in [-0.15, -0.1) is 11.8 Å². The number of carbonyl (C=O) groups excluding carboxylic acids is 2. The second-order valence-electron chi connectivity index (χ2n) is 7.55. The van der Waals surface area contributed by atoms with Gasteiger partial charge in [0.2, 0.25) is 0 Å². The number of anilines is 1. The van der Waals surface area contributed by atoms with E-state index in [0.29, 0.717) is 18.7 Å². The lowest BCUT2D eigenvalue weighted by molar-refractivity contribution is 0.0585. The number of rotatable bonds is 2. The summed E-state index contributed by atoms with van der Waals surface area (Å²) < 4.78 is 0.909. The molecule has 0 bridgehead atoms. The first-order valence-electron chi connectivity index (χ1n) is 9.81. The molecule has 1 spiro atoms. The normalized spacial score (nSPS) is 18.1. The summed E-state index contributed by atoms with van der Waals surface area (Å²) in [5, 5.41) is 2.99. The molecule has 2 heterocycles. The van der Waals surface area contributed by atoms with Crippen LogP contribution in [0.5, 0.6) is 0 Å². The molecule has 3 amide bonds. The zero-order valence-corrected chi connectivity index (χ0v) is 18.8. The number of hydrogen-bond donors (Lipinski definition) is 1. The zero-order chi connectivity index (χ0) is 20.4. The minimum absolute atomic E-state index is 0.0710. The van der Waals surface area contributed by atoms with Gasteiger partial charge in [0, 0.05) is 41.1 Å². The summed E-state index contributed by atoms with van der Waals surface area (Å²) in [5.74, 6) is 1.02. The van der Waals surface area contributed by atoms with Crippen LogP contribution in [0.2, 0.25) is 0 Å². The van der Waals surface area contributed by atoms with Gasteiger partial charge in [-0.1, -0.05) is 34.1 Å². The average molecular weight is 474 g/mol. The number of carbonyl (C=O) groups is 2. The molecule has 0 radical (unpaired) electrons. The lowest BCUT2D eigenvalue weighted by Gasteiger charge is -2.44. The molecule has 0 aliphatic carbocycles. The van der Waals surface area contributed by atoms with Gasteiger partial charge in [0.15, 0.2) is 0 Å². The number of urea groups is 1. The Balaban J connectivity index is 1.42. The number of halogens is 1. The van der Waals surface area contributed by atoms with Gasteiger partial charge < -0.3 is 15.1 Å². The summed E-state index contributed by atoms with van der Waals surface area (Å²) in [6.07, 6.45) is 1.58. The molecular weight excluding hydrogens is 450 g/mol. The number of amides is 3. The first kappa shape index (κ1) is 20.3. The van der Waals surface area contributed by atoms with Gasteiger partial charge in [-0.05, 0) is 55.7 Å². The lowest BCUT2D eigenvalue weighted by atomic mass is 10.0. The van der Waals surface area contributed by atoms with Crippen molar-refractivity contribution in [2.75, 3.05) is 30.7 Å². The maximum Gasteiger partial charge on any atom is 0.321 e. The molecule has 2 aromatic rings. The van der Waals surface area contributed by atoms with Gasteiger partial charge in [0.1, 0.15) is 0 Å².